The molecule has 5 nitrogen and oxygen atoms in total. The van der Waals surface area contributed by atoms with Crippen LogP contribution in [0.5, 0.6) is 5.75 Å². The van der Waals surface area contributed by atoms with E-state index in [2.05, 4.69) is 9.72 Å². The highest BCUT2D eigenvalue weighted by atomic mass is 127. The first-order valence-electron chi connectivity index (χ1n) is 5.56. The highest BCUT2D eigenvalue weighted by molar-refractivity contribution is 14.1. The van der Waals surface area contributed by atoms with Crippen LogP contribution < -0.4 is 10.5 Å². The van der Waals surface area contributed by atoms with Crippen molar-refractivity contribution >= 4 is 28.6 Å². The standard InChI is InChI=1S/C11H12F3IN2O3/c1-2-19-8(18)3-6-5-17-10(15)9(7(6)4-16)20-11(12,13)14/h5H,2-4,16H2,1H3. The molecule has 0 amide bonds. The summed E-state index contributed by atoms with van der Waals surface area (Å²) in [6.07, 6.45) is -3.77. The van der Waals surface area contributed by atoms with E-state index < -0.39 is 18.1 Å². The van der Waals surface area contributed by atoms with Gasteiger partial charge in [-0.15, -0.1) is 13.2 Å². The van der Waals surface area contributed by atoms with Crippen molar-refractivity contribution < 1.29 is 27.4 Å². The lowest BCUT2D eigenvalue weighted by Gasteiger charge is -2.16. The van der Waals surface area contributed by atoms with E-state index >= 15 is 0 Å². The second kappa shape index (κ2) is 7.07. The van der Waals surface area contributed by atoms with Crippen molar-refractivity contribution in [2.24, 2.45) is 5.73 Å². The predicted octanol–water partition coefficient (Wildman–Crippen LogP) is 2.15. The lowest BCUT2D eigenvalue weighted by Crippen LogP contribution is -2.21. The van der Waals surface area contributed by atoms with E-state index in [0.717, 1.165) is 0 Å². The van der Waals surface area contributed by atoms with Gasteiger partial charge in [-0.25, -0.2) is 4.98 Å². The zero-order valence-electron chi connectivity index (χ0n) is 10.5. The van der Waals surface area contributed by atoms with Crippen molar-refractivity contribution in [3.05, 3.63) is 21.0 Å². The molecule has 0 atom stereocenters. The molecule has 0 aromatic carbocycles. The summed E-state index contributed by atoms with van der Waals surface area (Å²) in [5.41, 5.74) is 5.81. The number of pyridine rings is 1. The molecular weight excluding hydrogens is 392 g/mol. The molecule has 1 rings (SSSR count). The van der Waals surface area contributed by atoms with Gasteiger partial charge in [0.15, 0.2) is 5.75 Å². The molecule has 1 aromatic heterocycles. The molecule has 1 heterocycles. The van der Waals surface area contributed by atoms with Crippen LogP contribution >= 0.6 is 22.6 Å². The number of esters is 1. The van der Waals surface area contributed by atoms with Crippen LogP contribution in [0.4, 0.5) is 13.2 Å². The molecule has 9 heteroatoms. The average Bonchev–Trinajstić information content (AvgIpc) is 2.32. The van der Waals surface area contributed by atoms with Crippen molar-refractivity contribution in [1.29, 1.82) is 0 Å². The maximum absolute atomic E-state index is 12.4. The summed E-state index contributed by atoms with van der Waals surface area (Å²) in [7, 11) is 0. The molecule has 20 heavy (non-hydrogen) atoms. The maximum atomic E-state index is 12.4. The molecule has 0 aliphatic carbocycles. The van der Waals surface area contributed by atoms with Gasteiger partial charge in [-0.3, -0.25) is 4.79 Å². The summed E-state index contributed by atoms with van der Waals surface area (Å²) in [5.74, 6) is -1.04. The SMILES string of the molecule is CCOC(=O)Cc1cnc(I)c(OC(F)(F)F)c1CN. The predicted molar refractivity (Wildman–Crippen MR) is 71.9 cm³/mol. The van der Waals surface area contributed by atoms with Gasteiger partial charge in [0.05, 0.1) is 13.0 Å². The molecule has 0 unspecified atom stereocenters. The number of ether oxygens (including phenoxy) is 2. The molecule has 0 fully saturated rings. The van der Waals surface area contributed by atoms with Crippen LogP contribution in [0.25, 0.3) is 0 Å². The van der Waals surface area contributed by atoms with Crippen molar-refractivity contribution in [2.45, 2.75) is 26.3 Å². The Labute approximate surface area is 126 Å². The number of hydrogen-bond donors (Lipinski definition) is 1. The van der Waals surface area contributed by atoms with Crippen molar-refractivity contribution in [2.75, 3.05) is 6.61 Å². The fourth-order valence-electron chi connectivity index (χ4n) is 1.50. The molecule has 112 valence electrons. The molecule has 0 radical (unpaired) electrons. The van der Waals surface area contributed by atoms with Crippen LogP contribution in [0.1, 0.15) is 18.1 Å². The lowest BCUT2D eigenvalue weighted by atomic mass is 10.1. The molecule has 0 bridgehead atoms. The van der Waals surface area contributed by atoms with Gasteiger partial charge in [-0.2, -0.15) is 0 Å². The number of carbonyl (C=O) groups is 1. The first-order chi connectivity index (χ1) is 9.28. The Morgan fingerprint density at radius 1 is 1.50 bits per heavy atom. The van der Waals surface area contributed by atoms with Gasteiger partial charge in [0.1, 0.15) is 3.70 Å². The minimum absolute atomic E-state index is 0.0213. The summed E-state index contributed by atoms with van der Waals surface area (Å²) < 4.78 is 45.8. The molecule has 0 saturated heterocycles. The first-order valence-corrected chi connectivity index (χ1v) is 6.64. The second-order valence-corrected chi connectivity index (χ2v) is 4.64. The van der Waals surface area contributed by atoms with Crippen LogP contribution in [-0.2, 0) is 22.5 Å². The van der Waals surface area contributed by atoms with Crippen LogP contribution in [0.2, 0.25) is 0 Å². The number of nitrogens with two attached hydrogens (primary N) is 1. The number of aromatic nitrogens is 1. The molecule has 0 saturated carbocycles. The van der Waals surface area contributed by atoms with E-state index in [4.69, 9.17) is 10.5 Å². The minimum Gasteiger partial charge on any atom is -0.466 e. The van der Waals surface area contributed by atoms with Crippen LogP contribution in [0.15, 0.2) is 6.20 Å². The second-order valence-electron chi connectivity index (χ2n) is 3.62. The van der Waals surface area contributed by atoms with Crippen molar-refractivity contribution in [3.63, 3.8) is 0 Å². The van der Waals surface area contributed by atoms with Crippen LogP contribution in [-0.4, -0.2) is 23.9 Å². The normalized spacial score (nSPS) is 11.3. The fourth-order valence-corrected chi connectivity index (χ4v) is 2.08. The molecule has 0 spiro atoms. The highest BCUT2D eigenvalue weighted by Crippen LogP contribution is 2.32. The number of rotatable bonds is 5. The topological polar surface area (TPSA) is 74.4 Å². The molecule has 2 N–H and O–H groups in total. The Balaban J connectivity index is 3.14. The third kappa shape index (κ3) is 4.78. The molecular formula is C11H12F3IN2O3. The smallest absolute Gasteiger partial charge is 0.466 e. The van der Waals surface area contributed by atoms with Crippen LogP contribution in [0, 0.1) is 3.70 Å². The van der Waals surface area contributed by atoms with E-state index in [1.54, 1.807) is 29.5 Å². The zero-order chi connectivity index (χ0) is 15.3. The zero-order valence-corrected chi connectivity index (χ0v) is 12.6. The van der Waals surface area contributed by atoms with E-state index in [9.17, 15) is 18.0 Å². The Kier molecular flexibility index (Phi) is 5.99. The van der Waals surface area contributed by atoms with Gasteiger partial charge in [0, 0.05) is 18.3 Å². The largest absolute Gasteiger partial charge is 0.573 e. The Morgan fingerprint density at radius 3 is 2.65 bits per heavy atom. The average molecular weight is 404 g/mol. The molecule has 0 aliphatic heterocycles. The summed E-state index contributed by atoms with van der Waals surface area (Å²) in [4.78, 5) is 15.2. The third-order valence-electron chi connectivity index (χ3n) is 2.24. The third-order valence-corrected chi connectivity index (χ3v) is 3.01. The maximum Gasteiger partial charge on any atom is 0.573 e. The summed E-state index contributed by atoms with van der Waals surface area (Å²) in [5, 5.41) is 0. The monoisotopic (exact) mass is 404 g/mol. The number of nitrogens with zero attached hydrogens (tertiary/aromatic N) is 1. The number of carbonyl (C=O) groups excluding carboxylic acids is 1. The summed E-state index contributed by atoms with van der Waals surface area (Å²) >= 11 is 1.61. The number of hydrogen-bond acceptors (Lipinski definition) is 5. The van der Waals surface area contributed by atoms with Crippen molar-refractivity contribution in [3.8, 4) is 5.75 Å². The van der Waals surface area contributed by atoms with Gasteiger partial charge >= 0.3 is 12.3 Å². The van der Waals surface area contributed by atoms with Gasteiger partial charge < -0.3 is 15.2 Å². The minimum atomic E-state index is -4.85. The fraction of sp³-hybridized carbons (Fsp3) is 0.455. The number of alkyl halides is 3. The summed E-state index contributed by atoms with van der Waals surface area (Å²) in [6.45, 7) is 1.60. The van der Waals surface area contributed by atoms with E-state index in [1.807, 2.05) is 0 Å². The van der Waals surface area contributed by atoms with E-state index in [1.165, 1.54) is 6.20 Å². The van der Waals surface area contributed by atoms with Gasteiger partial charge in [0.2, 0.25) is 0 Å². The summed E-state index contributed by atoms with van der Waals surface area (Å²) in [6, 6.07) is 0. The Hall–Kier alpha value is -1.10. The quantitative estimate of drug-likeness (QED) is 0.463. The van der Waals surface area contributed by atoms with E-state index in [-0.39, 0.29) is 34.4 Å². The molecule has 1 aromatic rings. The van der Waals surface area contributed by atoms with Gasteiger partial charge in [0.25, 0.3) is 0 Å². The number of halogens is 4. The highest BCUT2D eigenvalue weighted by Gasteiger charge is 2.34. The van der Waals surface area contributed by atoms with Gasteiger partial charge in [-0.05, 0) is 35.1 Å². The van der Waals surface area contributed by atoms with Crippen LogP contribution in [0.3, 0.4) is 0 Å². The Bertz CT molecular complexity index is 495. The van der Waals surface area contributed by atoms with Crippen molar-refractivity contribution in [1.82, 2.24) is 4.98 Å². The first kappa shape index (κ1) is 17.0. The van der Waals surface area contributed by atoms with E-state index in [0.29, 0.717) is 0 Å². The lowest BCUT2D eigenvalue weighted by molar-refractivity contribution is -0.275. The molecule has 0 aliphatic rings. The van der Waals surface area contributed by atoms with Gasteiger partial charge in [-0.1, -0.05) is 0 Å². The Morgan fingerprint density at radius 2 is 2.15 bits per heavy atom.